The van der Waals surface area contributed by atoms with Crippen molar-refractivity contribution in [1.82, 2.24) is 25.0 Å². The Morgan fingerprint density at radius 1 is 1.37 bits per heavy atom. The van der Waals surface area contributed by atoms with E-state index in [-0.39, 0.29) is 12.5 Å². The Bertz CT molecular complexity index is 613. The van der Waals surface area contributed by atoms with Crippen LogP contribution in [0.2, 0.25) is 0 Å². The molecule has 0 bridgehead atoms. The third kappa shape index (κ3) is 7.82. The number of carbonyl (C=O) groups excluding carboxylic acids is 1. The van der Waals surface area contributed by atoms with Crippen LogP contribution in [0.3, 0.4) is 0 Å². The highest BCUT2D eigenvalue weighted by molar-refractivity contribution is 7.09. The molecule has 0 saturated carbocycles. The largest absolute Gasteiger partial charge is 0.379 e. The first-order chi connectivity index (χ1) is 13.0. The Morgan fingerprint density at radius 2 is 2.11 bits per heavy atom. The summed E-state index contributed by atoms with van der Waals surface area (Å²) in [5.74, 6) is 0.721. The van der Waals surface area contributed by atoms with Gasteiger partial charge in [0, 0.05) is 46.2 Å². The number of hydrogen-bond donors (Lipinski definition) is 1. The Labute approximate surface area is 166 Å². The van der Waals surface area contributed by atoms with Crippen LogP contribution in [0.5, 0.6) is 0 Å². The van der Waals surface area contributed by atoms with Crippen molar-refractivity contribution in [3.05, 3.63) is 16.1 Å². The molecule has 0 radical (unpaired) electrons. The number of carbonyl (C=O) groups is 1. The first-order valence-corrected chi connectivity index (χ1v) is 10.2. The normalized spacial score (nSPS) is 15.6. The van der Waals surface area contributed by atoms with Crippen LogP contribution in [0.15, 0.2) is 10.4 Å². The number of amides is 1. The number of aromatic nitrogens is 1. The molecule has 0 aliphatic carbocycles. The van der Waals surface area contributed by atoms with Crippen LogP contribution in [-0.2, 0) is 16.1 Å². The maximum absolute atomic E-state index is 11.9. The first kappa shape index (κ1) is 21.6. The average molecular weight is 397 g/mol. The minimum Gasteiger partial charge on any atom is -0.379 e. The molecule has 27 heavy (non-hydrogen) atoms. The number of guanidine groups is 1. The maximum atomic E-state index is 11.9. The van der Waals surface area contributed by atoms with Gasteiger partial charge in [0.25, 0.3) is 0 Å². The molecule has 0 unspecified atom stereocenters. The van der Waals surface area contributed by atoms with Gasteiger partial charge in [-0.15, -0.1) is 11.3 Å². The Kier molecular flexibility index (Phi) is 8.96. The van der Waals surface area contributed by atoms with Crippen LogP contribution in [0.25, 0.3) is 0 Å². The van der Waals surface area contributed by atoms with Crippen LogP contribution < -0.4 is 5.32 Å². The second-order valence-corrected chi connectivity index (χ2v) is 7.94. The summed E-state index contributed by atoms with van der Waals surface area (Å²) in [6, 6.07) is 0. The zero-order valence-corrected chi connectivity index (χ0v) is 17.7. The highest BCUT2D eigenvalue weighted by Gasteiger charge is 2.12. The third-order valence-corrected chi connectivity index (χ3v) is 5.15. The van der Waals surface area contributed by atoms with Gasteiger partial charge in [-0.25, -0.2) is 9.98 Å². The van der Waals surface area contributed by atoms with E-state index < -0.39 is 0 Å². The number of nitrogens with zero attached hydrogens (tertiary/aromatic N) is 5. The molecule has 2 rings (SSSR count). The van der Waals surface area contributed by atoms with E-state index >= 15 is 0 Å². The Morgan fingerprint density at radius 3 is 2.74 bits per heavy atom. The molecule has 1 aliphatic heterocycles. The van der Waals surface area contributed by atoms with Gasteiger partial charge in [0.1, 0.15) is 6.54 Å². The van der Waals surface area contributed by atoms with Crippen LogP contribution in [-0.4, -0.2) is 98.6 Å². The summed E-state index contributed by atoms with van der Waals surface area (Å²) in [6.45, 7) is 8.30. The predicted octanol–water partition coefficient (Wildman–Crippen LogP) is 0.639. The van der Waals surface area contributed by atoms with Crippen LogP contribution in [0, 0.1) is 6.92 Å². The molecule has 0 spiro atoms. The molecule has 1 saturated heterocycles. The average Bonchev–Trinajstić information content (AvgIpc) is 3.06. The number of aryl methyl sites for hydroxylation is 1. The summed E-state index contributed by atoms with van der Waals surface area (Å²) in [5.41, 5.74) is 1.02. The van der Waals surface area contributed by atoms with E-state index in [1.807, 2.05) is 18.9 Å². The van der Waals surface area contributed by atoms with Crippen molar-refractivity contribution in [2.75, 3.05) is 67.1 Å². The van der Waals surface area contributed by atoms with E-state index in [1.165, 1.54) is 0 Å². The zero-order chi connectivity index (χ0) is 19.6. The lowest BCUT2D eigenvalue weighted by atomic mass is 10.3. The number of morpholine rings is 1. The number of aliphatic imine (C=N–C) groups is 1. The molecular weight excluding hydrogens is 364 g/mol. The minimum absolute atomic E-state index is 0.0134. The highest BCUT2D eigenvalue weighted by Crippen LogP contribution is 2.10. The molecule has 1 aromatic rings. The number of rotatable bonds is 8. The molecular formula is C18H32N6O2S. The lowest BCUT2D eigenvalue weighted by molar-refractivity contribution is -0.127. The van der Waals surface area contributed by atoms with Gasteiger partial charge in [-0.3, -0.25) is 9.69 Å². The standard InChI is InChI=1S/C18H32N6O2S/c1-15-21-16(14-27-15)13-23(4)18(20-12-17(25)22(2)3)19-6-5-7-24-8-10-26-11-9-24/h14H,5-13H2,1-4H3,(H,19,20). The minimum atomic E-state index is -0.0134. The summed E-state index contributed by atoms with van der Waals surface area (Å²) in [7, 11) is 5.47. The van der Waals surface area contributed by atoms with Crippen LogP contribution in [0.1, 0.15) is 17.1 Å². The number of thiazole rings is 1. The summed E-state index contributed by atoms with van der Waals surface area (Å²) in [5, 5.41) is 6.52. The van der Waals surface area contributed by atoms with Crippen molar-refractivity contribution in [3.8, 4) is 0 Å². The number of hydrogen-bond acceptors (Lipinski definition) is 6. The predicted molar refractivity (Wildman–Crippen MR) is 109 cm³/mol. The SMILES string of the molecule is Cc1nc(CN(C)C(=NCC(=O)N(C)C)NCCCN2CCOCC2)cs1. The zero-order valence-electron chi connectivity index (χ0n) is 16.9. The number of nitrogens with one attached hydrogen (secondary N) is 1. The molecule has 1 N–H and O–H groups in total. The summed E-state index contributed by atoms with van der Waals surface area (Å²) < 4.78 is 5.38. The van der Waals surface area contributed by atoms with Gasteiger partial charge in [-0.05, 0) is 19.9 Å². The summed E-state index contributed by atoms with van der Waals surface area (Å²) in [6.07, 6.45) is 1.02. The van der Waals surface area contributed by atoms with Crippen LogP contribution >= 0.6 is 11.3 Å². The molecule has 1 amide bonds. The van der Waals surface area contributed by atoms with E-state index in [0.717, 1.165) is 62.5 Å². The number of ether oxygens (including phenoxy) is 1. The monoisotopic (exact) mass is 396 g/mol. The molecule has 0 atom stereocenters. The molecule has 8 nitrogen and oxygen atoms in total. The van der Waals surface area contributed by atoms with Crippen molar-refractivity contribution < 1.29 is 9.53 Å². The van der Waals surface area contributed by atoms with Gasteiger partial charge < -0.3 is 19.9 Å². The molecule has 2 heterocycles. The van der Waals surface area contributed by atoms with Gasteiger partial charge in [-0.1, -0.05) is 0 Å². The lowest BCUT2D eigenvalue weighted by Crippen LogP contribution is -2.42. The van der Waals surface area contributed by atoms with Crippen molar-refractivity contribution in [2.24, 2.45) is 4.99 Å². The fraction of sp³-hybridized carbons (Fsp3) is 0.722. The third-order valence-electron chi connectivity index (χ3n) is 4.33. The van der Waals surface area contributed by atoms with E-state index in [1.54, 1.807) is 30.3 Å². The lowest BCUT2D eigenvalue weighted by Gasteiger charge is -2.27. The van der Waals surface area contributed by atoms with Gasteiger partial charge in [0.2, 0.25) is 5.91 Å². The second-order valence-electron chi connectivity index (χ2n) is 6.88. The fourth-order valence-corrected chi connectivity index (χ4v) is 3.33. The molecule has 1 aliphatic rings. The van der Waals surface area contributed by atoms with E-state index in [4.69, 9.17) is 4.74 Å². The molecule has 9 heteroatoms. The molecule has 0 aromatic carbocycles. The number of likely N-dealkylation sites (N-methyl/N-ethyl adjacent to an activating group) is 1. The smallest absolute Gasteiger partial charge is 0.243 e. The van der Waals surface area contributed by atoms with Gasteiger partial charge in [0.05, 0.1) is 30.5 Å². The molecule has 1 fully saturated rings. The van der Waals surface area contributed by atoms with Gasteiger partial charge in [0.15, 0.2) is 5.96 Å². The maximum Gasteiger partial charge on any atom is 0.243 e. The van der Waals surface area contributed by atoms with E-state index in [9.17, 15) is 4.79 Å². The molecule has 1 aromatic heterocycles. The van der Waals surface area contributed by atoms with E-state index in [0.29, 0.717) is 6.54 Å². The van der Waals surface area contributed by atoms with Crippen molar-refractivity contribution in [3.63, 3.8) is 0 Å². The summed E-state index contributed by atoms with van der Waals surface area (Å²) >= 11 is 1.64. The quantitative estimate of drug-likeness (QED) is 0.395. The molecule has 152 valence electrons. The van der Waals surface area contributed by atoms with E-state index in [2.05, 4.69) is 25.6 Å². The van der Waals surface area contributed by atoms with Crippen molar-refractivity contribution >= 4 is 23.2 Å². The van der Waals surface area contributed by atoms with Gasteiger partial charge in [-0.2, -0.15) is 0 Å². The highest BCUT2D eigenvalue weighted by atomic mass is 32.1. The van der Waals surface area contributed by atoms with Gasteiger partial charge >= 0.3 is 0 Å². The summed E-state index contributed by atoms with van der Waals surface area (Å²) in [4.78, 5) is 26.9. The first-order valence-electron chi connectivity index (χ1n) is 9.36. The van der Waals surface area contributed by atoms with Crippen molar-refractivity contribution in [2.45, 2.75) is 19.9 Å². The van der Waals surface area contributed by atoms with Crippen LogP contribution in [0.4, 0.5) is 0 Å². The Balaban J connectivity index is 1.87. The Hall–Kier alpha value is -1.71. The fourth-order valence-electron chi connectivity index (χ4n) is 2.72. The topological polar surface area (TPSA) is 73.3 Å². The second kappa shape index (κ2) is 11.2. The van der Waals surface area contributed by atoms with Crippen molar-refractivity contribution in [1.29, 1.82) is 0 Å².